The minimum atomic E-state index is -0.476. The van der Waals surface area contributed by atoms with E-state index in [0.29, 0.717) is 24.7 Å². The summed E-state index contributed by atoms with van der Waals surface area (Å²) in [5.74, 6) is 0.585. The lowest BCUT2D eigenvalue weighted by Crippen LogP contribution is -2.11. The number of rotatable bonds is 7. The molecule has 8 heteroatoms. The van der Waals surface area contributed by atoms with Crippen molar-refractivity contribution in [3.05, 3.63) is 40.0 Å². The van der Waals surface area contributed by atoms with Crippen LogP contribution in [0, 0.1) is 17.0 Å². The quantitative estimate of drug-likeness (QED) is 0.596. The van der Waals surface area contributed by atoms with Crippen LogP contribution < -0.4 is 10.6 Å². The summed E-state index contributed by atoms with van der Waals surface area (Å²) in [6, 6.07) is 1.78. The molecule has 0 radical (unpaired) electrons. The van der Waals surface area contributed by atoms with E-state index in [4.69, 9.17) is 4.42 Å². The third kappa shape index (κ3) is 3.68. The van der Waals surface area contributed by atoms with Crippen LogP contribution in [-0.2, 0) is 6.54 Å². The van der Waals surface area contributed by atoms with E-state index >= 15 is 0 Å². The Kier molecular flexibility index (Phi) is 4.70. The highest BCUT2D eigenvalue weighted by atomic mass is 16.6. The van der Waals surface area contributed by atoms with Crippen molar-refractivity contribution in [2.45, 2.75) is 26.8 Å². The molecular formula is C13H17N5O3. The molecule has 0 amide bonds. The van der Waals surface area contributed by atoms with Crippen LogP contribution in [0.2, 0.25) is 0 Å². The fourth-order valence-corrected chi connectivity index (χ4v) is 1.80. The summed E-state index contributed by atoms with van der Waals surface area (Å²) < 4.78 is 4.96. The molecule has 2 rings (SSSR count). The standard InChI is InChI=1S/C13H17N5O3/c1-3-5-14-13-16-9(2)11(18(19)20)12(17-13)15-7-10-4-6-21-8-10/h4,6,8H,3,5,7H2,1-2H3,(H2,14,15,16,17). The molecule has 0 bridgehead atoms. The Hall–Kier alpha value is -2.64. The van der Waals surface area contributed by atoms with Crippen molar-refractivity contribution in [1.29, 1.82) is 0 Å². The van der Waals surface area contributed by atoms with Gasteiger partial charge < -0.3 is 15.1 Å². The van der Waals surface area contributed by atoms with E-state index < -0.39 is 4.92 Å². The Morgan fingerprint density at radius 1 is 1.38 bits per heavy atom. The molecule has 0 aliphatic heterocycles. The van der Waals surface area contributed by atoms with Crippen molar-refractivity contribution in [3.63, 3.8) is 0 Å². The van der Waals surface area contributed by atoms with Gasteiger partial charge in [0.15, 0.2) is 0 Å². The molecule has 0 atom stereocenters. The SMILES string of the molecule is CCCNc1nc(C)c([N+](=O)[O-])c(NCc2ccoc2)n1. The van der Waals surface area contributed by atoms with Gasteiger partial charge in [-0.2, -0.15) is 4.98 Å². The zero-order valence-corrected chi connectivity index (χ0v) is 11.9. The fraction of sp³-hybridized carbons (Fsp3) is 0.385. The zero-order chi connectivity index (χ0) is 15.2. The van der Waals surface area contributed by atoms with Crippen molar-refractivity contribution < 1.29 is 9.34 Å². The molecular weight excluding hydrogens is 274 g/mol. The molecule has 8 nitrogen and oxygen atoms in total. The largest absolute Gasteiger partial charge is 0.472 e. The average Bonchev–Trinajstić information content (AvgIpc) is 2.95. The highest BCUT2D eigenvalue weighted by Gasteiger charge is 2.21. The molecule has 0 spiro atoms. The van der Waals surface area contributed by atoms with E-state index in [9.17, 15) is 10.1 Å². The van der Waals surface area contributed by atoms with E-state index in [1.165, 1.54) is 0 Å². The van der Waals surface area contributed by atoms with Gasteiger partial charge in [0.1, 0.15) is 5.69 Å². The third-order valence-corrected chi connectivity index (χ3v) is 2.81. The van der Waals surface area contributed by atoms with Crippen LogP contribution in [0.25, 0.3) is 0 Å². The fourth-order valence-electron chi connectivity index (χ4n) is 1.80. The van der Waals surface area contributed by atoms with Crippen molar-refractivity contribution >= 4 is 17.5 Å². The number of furan rings is 1. The normalized spacial score (nSPS) is 10.4. The highest BCUT2D eigenvalue weighted by molar-refractivity contribution is 5.60. The monoisotopic (exact) mass is 291 g/mol. The lowest BCUT2D eigenvalue weighted by Gasteiger charge is -2.09. The molecule has 0 aliphatic rings. The topological polar surface area (TPSA) is 106 Å². The summed E-state index contributed by atoms with van der Waals surface area (Å²) in [6.07, 6.45) is 4.03. The number of aromatic nitrogens is 2. The molecule has 0 fully saturated rings. The van der Waals surface area contributed by atoms with E-state index in [-0.39, 0.29) is 11.5 Å². The van der Waals surface area contributed by atoms with E-state index in [1.807, 2.05) is 6.92 Å². The van der Waals surface area contributed by atoms with Crippen LogP contribution in [0.3, 0.4) is 0 Å². The van der Waals surface area contributed by atoms with Gasteiger partial charge in [0.05, 0.1) is 17.4 Å². The summed E-state index contributed by atoms with van der Waals surface area (Å²) in [5.41, 5.74) is 1.09. The first-order chi connectivity index (χ1) is 10.1. The summed E-state index contributed by atoms with van der Waals surface area (Å²) in [6.45, 7) is 4.71. The number of nitro groups is 1. The first-order valence-electron chi connectivity index (χ1n) is 6.63. The molecule has 2 aromatic heterocycles. The van der Waals surface area contributed by atoms with E-state index in [1.54, 1.807) is 25.5 Å². The second-order valence-electron chi connectivity index (χ2n) is 4.50. The minimum absolute atomic E-state index is 0.111. The molecule has 0 unspecified atom stereocenters. The summed E-state index contributed by atoms with van der Waals surface area (Å²) in [5, 5.41) is 17.2. The Morgan fingerprint density at radius 2 is 2.19 bits per heavy atom. The van der Waals surface area contributed by atoms with Crippen LogP contribution >= 0.6 is 0 Å². The zero-order valence-electron chi connectivity index (χ0n) is 11.9. The van der Waals surface area contributed by atoms with Gasteiger partial charge in [-0.3, -0.25) is 10.1 Å². The Morgan fingerprint density at radius 3 is 2.81 bits per heavy atom. The van der Waals surface area contributed by atoms with Gasteiger partial charge in [-0.25, -0.2) is 4.98 Å². The summed E-state index contributed by atoms with van der Waals surface area (Å²) in [4.78, 5) is 19.0. The van der Waals surface area contributed by atoms with Gasteiger partial charge in [0, 0.05) is 18.7 Å². The van der Waals surface area contributed by atoms with Gasteiger partial charge in [0.25, 0.3) is 0 Å². The first-order valence-corrected chi connectivity index (χ1v) is 6.63. The molecule has 2 N–H and O–H groups in total. The van der Waals surface area contributed by atoms with Crippen LogP contribution in [0.1, 0.15) is 24.6 Å². The number of nitrogens with zero attached hydrogens (tertiary/aromatic N) is 3. The maximum Gasteiger partial charge on any atom is 0.332 e. The summed E-state index contributed by atoms with van der Waals surface area (Å²) in [7, 11) is 0. The number of aryl methyl sites for hydroxylation is 1. The van der Waals surface area contributed by atoms with Gasteiger partial charge in [-0.1, -0.05) is 6.92 Å². The van der Waals surface area contributed by atoms with E-state index in [2.05, 4.69) is 20.6 Å². The molecule has 0 saturated heterocycles. The number of nitrogens with one attached hydrogen (secondary N) is 2. The number of hydrogen-bond acceptors (Lipinski definition) is 7. The highest BCUT2D eigenvalue weighted by Crippen LogP contribution is 2.27. The predicted molar refractivity (Wildman–Crippen MR) is 78.2 cm³/mol. The Labute approximate surface area is 121 Å². The average molecular weight is 291 g/mol. The van der Waals surface area contributed by atoms with Crippen molar-refractivity contribution in [2.24, 2.45) is 0 Å². The minimum Gasteiger partial charge on any atom is -0.472 e. The smallest absolute Gasteiger partial charge is 0.332 e. The van der Waals surface area contributed by atoms with Gasteiger partial charge in [-0.15, -0.1) is 0 Å². The molecule has 0 aromatic carbocycles. The molecule has 2 aromatic rings. The van der Waals surface area contributed by atoms with Gasteiger partial charge >= 0.3 is 5.69 Å². The van der Waals surface area contributed by atoms with Gasteiger partial charge in [-0.05, 0) is 19.4 Å². The van der Waals surface area contributed by atoms with E-state index in [0.717, 1.165) is 12.0 Å². The van der Waals surface area contributed by atoms with Crippen molar-refractivity contribution in [2.75, 3.05) is 17.2 Å². The van der Waals surface area contributed by atoms with Crippen LogP contribution in [0.15, 0.2) is 23.0 Å². The molecule has 112 valence electrons. The van der Waals surface area contributed by atoms with Crippen LogP contribution in [0.4, 0.5) is 17.5 Å². The molecule has 0 saturated carbocycles. The molecule has 2 heterocycles. The molecule has 21 heavy (non-hydrogen) atoms. The molecule has 0 aliphatic carbocycles. The Bertz CT molecular complexity index is 613. The number of hydrogen-bond donors (Lipinski definition) is 2. The van der Waals surface area contributed by atoms with Crippen LogP contribution in [-0.4, -0.2) is 21.4 Å². The predicted octanol–water partition coefficient (Wildman–Crippen LogP) is 2.72. The summed E-state index contributed by atoms with van der Waals surface area (Å²) >= 11 is 0. The van der Waals surface area contributed by atoms with Crippen molar-refractivity contribution in [1.82, 2.24) is 9.97 Å². The lowest BCUT2D eigenvalue weighted by atomic mass is 10.3. The Balaban J connectivity index is 2.25. The third-order valence-electron chi connectivity index (χ3n) is 2.81. The maximum absolute atomic E-state index is 11.2. The van der Waals surface area contributed by atoms with Gasteiger partial charge in [0.2, 0.25) is 11.8 Å². The first kappa shape index (κ1) is 14.8. The second-order valence-corrected chi connectivity index (χ2v) is 4.50. The second kappa shape index (κ2) is 6.69. The number of anilines is 2. The van der Waals surface area contributed by atoms with Crippen molar-refractivity contribution in [3.8, 4) is 0 Å². The van der Waals surface area contributed by atoms with Crippen LogP contribution in [0.5, 0.6) is 0 Å². The lowest BCUT2D eigenvalue weighted by molar-refractivity contribution is -0.385. The maximum atomic E-state index is 11.2.